The average Bonchev–Trinajstić information content (AvgIpc) is 3.43. The predicted octanol–water partition coefficient (Wildman–Crippen LogP) is 0.883. The molecule has 0 bridgehead atoms. The number of hydroxylamine groups is 1. The Labute approximate surface area is 160 Å². The number of ketones is 1. The number of carbonyl (C=O) groups is 3. The van der Waals surface area contributed by atoms with Crippen molar-refractivity contribution in [2.75, 3.05) is 0 Å². The summed E-state index contributed by atoms with van der Waals surface area (Å²) in [4.78, 5) is 35.0. The van der Waals surface area contributed by atoms with Gasteiger partial charge in [-0.1, -0.05) is 11.8 Å². The van der Waals surface area contributed by atoms with Crippen molar-refractivity contribution in [2.45, 2.75) is 38.3 Å². The van der Waals surface area contributed by atoms with Gasteiger partial charge in [0.2, 0.25) is 0 Å². The molecule has 4 atom stereocenters. The van der Waals surface area contributed by atoms with Crippen LogP contribution in [0.1, 0.15) is 36.2 Å². The molecule has 0 aromatic heterocycles. The van der Waals surface area contributed by atoms with E-state index in [1.807, 2.05) is 5.32 Å². The molecule has 0 radical (unpaired) electrons. The summed E-state index contributed by atoms with van der Waals surface area (Å²) in [5.74, 6) is 3.71. The molecular formula is C19H20F2N2O5. The minimum Gasteiger partial charge on any atom is -0.381 e. The van der Waals surface area contributed by atoms with E-state index < -0.39 is 29.9 Å². The van der Waals surface area contributed by atoms with E-state index in [1.54, 1.807) is 0 Å². The highest BCUT2D eigenvalue weighted by molar-refractivity contribution is 5.97. The van der Waals surface area contributed by atoms with Crippen LogP contribution >= 0.6 is 0 Å². The Bertz CT molecular complexity index is 827. The zero-order chi connectivity index (χ0) is 21.1. The number of hydrogen-bond acceptors (Lipinski definition) is 5. The smallest absolute Gasteiger partial charge is 0.269 e. The minimum absolute atomic E-state index is 0.0187. The van der Waals surface area contributed by atoms with Gasteiger partial charge in [0.15, 0.2) is 5.60 Å². The lowest BCUT2D eigenvalue weighted by atomic mass is 9.95. The molecule has 0 spiro atoms. The quantitative estimate of drug-likeness (QED) is 0.325. The Kier molecular flexibility index (Phi) is 6.48. The van der Waals surface area contributed by atoms with Gasteiger partial charge in [-0.15, -0.1) is 0 Å². The van der Waals surface area contributed by atoms with Gasteiger partial charge < -0.3 is 10.4 Å². The van der Waals surface area contributed by atoms with Crippen molar-refractivity contribution in [3.8, 4) is 11.8 Å². The summed E-state index contributed by atoms with van der Waals surface area (Å²) < 4.78 is 26.0. The molecule has 2 amide bonds. The summed E-state index contributed by atoms with van der Waals surface area (Å²) in [5, 5.41) is 20.5. The molecule has 0 saturated heterocycles. The molecule has 0 heterocycles. The molecule has 9 heteroatoms. The van der Waals surface area contributed by atoms with Crippen LogP contribution < -0.4 is 10.8 Å². The molecule has 4 N–H and O–H groups in total. The minimum atomic E-state index is -3.35. The predicted molar refractivity (Wildman–Crippen MR) is 93.4 cm³/mol. The van der Waals surface area contributed by atoms with Crippen molar-refractivity contribution in [3.63, 3.8) is 0 Å². The highest BCUT2D eigenvalue weighted by atomic mass is 19.3. The lowest BCUT2D eigenvalue weighted by Gasteiger charge is -2.30. The Balaban J connectivity index is 2.08. The van der Waals surface area contributed by atoms with Crippen LogP contribution in [0.25, 0.3) is 0 Å². The lowest BCUT2D eigenvalue weighted by Crippen LogP contribution is -2.61. The van der Waals surface area contributed by atoms with Gasteiger partial charge in [-0.05, 0) is 44.5 Å². The van der Waals surface area contributed by atoms with Crippen LogP contribution in [0.3, 0.4) is 0 Å². The Hall–Kier alpha value is -2.83. The first-order valence-corrected chi connectivity index (χ1v) is 8.45. The zero-order valence-electron chi connectivity index (χ0n) is 15.2. The van der Waals surface area contributed by atoms with Crippen LogP contribution in [0.15, 0.2) is 24.3 Å². The van der Waals surface area contributed by atoms with Crippen molar-refractivity contribution < 1.29 is 33.5 Å². The maximum atomic E-state index is 13.0. The van der Waals surface area contributed by atoms with Crippen molar-refractivity contribution in [2.24, 2.45) is 11.8 Å². The largest absolute Gasteiger partial charge is 0.381 e. The van der Waals surface area contributed by atoms with Crippen LogP contribution in [-0.4, -0.2) is 46.0 Å². The van der Waals surface area contributed by atoms with E-state index in [-0.39, 0.29) is 23.2 Å². The van der Waals surface area contributed by atoms with Gasteiger partial charge in [-0.25, -0.2) is 14.3 Å². The molecular weight excluding hydrogens is 374 g/mol. The second-order valence-electron chi connectivity index (χ2n) is 6.82. The summed E-state index contributed by atoms with van der Waals surface area (Å²) in [6.07, 6.45) is -2.62. The van der Waals surface area contributed by atoms with Crippen molar-refractivity contribution in [1.29, 1.82) is 0 Å². The van der Waals surface area contributed by atoms with E-state index in [1.165, 1.54) is 31.2 Å². The molecule has 1 saturated carbocycles. The maximum absolute atomic E-state index is 13.0. The molecule has 28 heavy (non-hydrogen) atoms. The second kappa shape index (κ2) is 8.46. The third-order valence-corrected chi connectivity index (χ3v) is 4.54. The summed E-state index contributed by atoms with van der Waals surface area (Å²) in [6.45, 7) is 2.19. The van der Waals surface area contributed by atoms with E-state index >= 15 is 0 Å². The molecule has 0 aliphatic heterocycles. The maximum Gasteiger partial charge on any atom is 0.269 e. The standard InChI is InChI=1S/C19H20F2N2O5/c1-10(24)14-9-13(14)8-5-11-3-6-12(7-4-11)16(25)22-15(17(26)23-28)19(2,27)18(20)21/h3-4,6-7,13-15,18,27-28H,9H2,1-2H3,(H,22,25)(H,23,26)/t13?,14?,15-,19+/m1/s1. The van der Waals surface area contributed by atoms with Crippen LogP contribution in [0.4, 0.5) is 8.78 Å². The van der Waals surface area contributed by atoms with E-state index in [0.29, 0.717) is 12.5 Å². The van der Waals surface area contributed by atoms with Gasteiger partial charge in [-0.3, -0.25) is 19.6 Å². The van der Waals surface area contributed by atoms with E-state index in [4.69, 9.17) is 5.21 Å². The summed E-state index contributed by atoms with van der Waals surface area (Å²) in [7, 11) is 0. The van der Waals surface area contributed by atoms with E-state index in [9.17, 15) is 28.3 Å². The lowest BCUT2D eigenvalue weighted by molar-refractivity contribution is -0.149. The molecule has 2 unspecified atom stereocenters. The van der Waals surface area contributed by atoms with Crippen LogP contribution in [0.2, 0.25) is 0 Å². The Morgan fingerprint density at radius 1 is 1.25 bits per heavy atom. The summed E-state index contributed by atoms with van der Waals surface area (Å²) in [5.41, 5.74) is -1.12. The van der Waals surface area contributed by atoms with Gasteiger partial charge >= 0.3 is 0 Å². The number of rotatable bonds is 6. The highest BCUT2D eigenvalue weighted by Crippen LogP contribution is 2.38. The SMILES string of the molecule is CC(=O)C1CC1C#Cc1ccc(C(=O)N[C@H](C(=O)NO)[C@](C)(O)C(F)F)cc1. The molecule has 7 nitrogen and oxygen atoms in total. The first-order valence-electron chi connectivity index (χ1n) is 8.45. The number of Topliss-reactive ketones (excluding diaryl/α,β-unsaturated/α-hetero) is 1. The number of nitrogens with one attached hydrogen (secondary N) is 2. The number of halogens is 2. The van der Waals surface area contributed by atoms with Crippen molar-refractivity contribution in [1.82, 2.24) is 10.8 Å². The molecule has 2 rings (SSSR count). The topological polar surface area (TPSA) is 116 Å². The normalized spacial score (nSPS) is 21.0. The monoisotopic (exact) mass is 394 g/mol. The molecule has 1 aromatic carbocycles. The molecule has 1 aromatic rings. The van der Waals surface area contributed by atoms with Crippen molar-refractivity contribution in [3.05, 3.63) is 35.4 Å². The van der Waals surface area contributed by atoms with Crippen LogP contribution in [0, 0.1) is 23.7 Å². The van der Waals surface area contributed by atoms with Crippen molar-refractivity contribution >= 4 is 17.6 Å². The molecule has 1 aliphatic carbocycles. The van der Waals surface area contributed by atoms with Gasteiger partial charge in [-0.2, -0.15) is 0 Å². The van der Waals surface area contributed by atoms with Gasteiger partial charge in [0, 0.05) is 23.0 Å². The number of carbonyl (C=O) groups excluding carboxylic acids is 3. The number of aliphatic hydroxyl groups is 1. The fourth-order valence-corrected chi connectivity index (χ4v) is 2.57. The third-order valence-electron chi connectivity index (χ3n) is 4.54. The van der Waals surface area contributed by atoms with Gasteiger partial charge in [0.05, 0.1) is 0 Å². The number of alkyl halides is 2. The number of amides is 2. The third kappa shape index (κ3) is 4.91. The molecule has 1 fully saturated rings. The zero-order valence-corrected chi connectivity index (χ0v) is 15.2. The Morgan fingerprint density at radius 3 is 2.32 bits per heavy atom. The highest BCUT2D eigenvalue weighted by Gasteiger charge is 2.46. The van der Waals surface area contributed by atoms with Crippen LogP contribution in [0.5, 0.6) is 0 Å². The van der Waals surface area contributed by atoms with E-state index in [2.05, 4.69) is 11.8 Å². The number of hydrogen-bond donors (Lipinski definition) is 4. The van der Waals surface area contributed by atoms with Gasteiger partial charge in [0.25, 0.3) is 18.2 Å². The van der Waals surface area contributed by atoms with Crippen LogP contribution in [-0.2, 0) is 9.59 Å². The summed E-state index contributed by atoms with van der Waals surface area (Å²) in [6, 6.07) is 3.72. The fourth-order valence-electron chi connectivity index (χ4n) is 2.57. The number of benzene rings is 1. The first kappa shape index (κ1) is 21.5. The summed E-state index contributed by atoms with van der Waals surface area (Å²) >= 11 is 0. The first-order chi connectivity index (χ1) is 13.1. The van der Waals surface area contributed by atoms with Gasteiger partial charge in [0.1, 0.15) is 11.8 Å². The Morgan fingerprint density at radius 2 is 1.86 bits per heavy atom. The molecule has 1 aliphatic rings. The second-order valence-corrected chi connectivity index (χ2v) is 6.82. The molecule has 150 valence electrons. The average molecular weight is 394 g/mol. The van der Waals surface area contributed by atoms with E-state index in [0.717, 1.165) is 11.9 Å². The fraction of sp³-hybridized carbons (Fsp3) is 0.421.